The highest BCUT2D eigenvalue weighted by molar-refractivity contribution is 5.77. The van der Waals surface area contributed by atoms with Gasteiger partial charge in [0, 0.05) is 38.1 Å². The van der Waals surface area contributed by atoms with E-state index in [0.717, 1.165) is 25.9 Å². The maximum Gasteiger partial charge on any atom is 0.246 e. The van der Waals surface area contributed by atoms with E-state index < -0.39 is 0 Å². The van der Waals surface area contributed by atoms with E-state index in [0.29, 0.717) is 19.1 Å². The van der Waals surface area contributed by atoms with Crippen molar-refractivity contribution in [1.82, 2.24) is 15.3 Å². The molecule has 0 bridgehead atoms. The Labute approximate surface area is 118 Å². The van der Waals surface area contributed by atoms with E-state index in [1.807, 2.05) is 0 Å². The Kier molecular flexibility index (Phi) is 5.69. The average Bonchev–Trinajstić information content (AvgIpc) is 2.49. The number of hydrogen-bond acceptors (Lipinski definition) is 6. The molecule has 7 heteroatoms. The monoisotopic (exact) mass is 279 g/mol. The smallest absolute Gasteiger partial charge is 0.246 e. The Hall–Kier alpha value is -1.73. The van der Waals surface area contributed by atoms with Crippen molar-refractivity contribution in [2.75, 3.05) is 37.7 Å². The van der Waals surface area contributed by atoms with Gasteiger partial charge >= 0.3 is 0 Å². The summed E-state index contributed by atoms with van der Waals surface area (Å²) in [5.74, 6) is 0.616. The van der Waals surface area contributed by atoms with Crippen molar-refractivity contribution >= 4 is 11.9 Å². The number of nitrogens with zero attached hydrogens (tertiary/aromatic N) is 3. The normalized spacial score (nSPS) is 18.9. The van der Waals surface area contributed by atoms with Gasteiger partial charge in [-0.15, -0.1) is 0 Å². The lowest BCUT2D eigenvalue weighted by molar-refractivity contribution is -0.126. The van der Waals surface area contributed by atoms with Gasteiger partial charge in [-0.3, -0.25) is 4.79 Å². The summed E-state index contributed by atoms with van der Waals surface area (Å²) < 4.78 is 5.12. The summed E-state index contributed by atoms with van der Waals surface area (Å²) in [6.45, 7) is 2.54. The molecular weight excluding hydrogens is 258 g/mol. The fraction of sp³-hybridized carbons (Fsp3) is 0.615. The van der Waals surface area contributed by atoms with E-state index >= 15 is 0 Å². The Balaban J connectivity index is 1.80. The Morgan fingerprint density at radius 1 is 1.50 bits per heavy atom. The van der Waals surface area contributed by atoms with Crippen molar-refractivity contribution in [3.8, 4) is 0 Å². The number of carbonyl (C=O) groups is 1. The van der Waals surface area contributed by atoms with Crippen LogP contribution < -0.4 is 16.0 Å². The lowest BCUT2D eigenvalue weighted by Gasteiger charge is -2.33. The van der Waals surface area contributed by atoms with Crippen LogP contribution in [-0.2, 0) is 9.53 Å². The van der Waals surface area contributed by atoms with Crippen molar-refractivity contribution in [2.45, 2.75) is 18.9 Å². The SMILES string of the molecule is NCCOCC(=O)NC1CCCN(c2ncccn2)C1. The molecule has 110 valence electrons. The summed E-state index contributed by atoms with van der Waals surface area (Å²) in [7, 11) is 0. The topological polar surface area (TPSA) is 93.4 Å². The first-order valence-electron chi connectivity index (χ1n) is 6.88. The number of ether oxygens (including phenoxy) is 1. The van der Waals surface area contributed by atoms with Gasteiger partial charge in [0.25, 0.3) is 0 Å². The third kappa shape index (κ3) is 4.43. The predicted octanol–water partition coefficient (Wildman–Crippen LogP) is -0.463. The molecule has 0 aliphatic carbocycles. The van der Waals surface area contributed by atoms with Crippen molar-refractivity contribution in [1.29, 1.82) is 0 Å². The van der Waals surface area contributed by atoms with Gasteiger partial charge in [-0.2, -0.15) is 0 Å². The number of piperidine rings is 1. The molecule has 2 heterocycles. The second-order valence-electron chi connectivity index (χ2n) is 4.74. The van der Waals surface area contributed by atoms with Gasteiger partial charge in [-0.25, -0.2) is 9.97 Å². The van der Waals surface area contributed by atoms with Crippen LogP contribution in [0.1, 0.15) is 12.8 Å². The predicted molar refractivity (Wildman–Crippen MR) is 75.3 cm³/mol. The number of hydrogen-bond donors (Lipinski definition) is 2. The van der Waals surface area contributed by atoms with Gasteiger partial charge in [0.2, 0.25) is 11.9 Å². The fourth-order valence-electron chi connectivity index (χ4n) is 2.25. The third-order valence-corrected chi connectivity index (χ3v) is 3.12. The molecule has 1 saturated heterocycles. The number of amides is 1. The minimum atomic E-state index is -0.0979. The third-order valence-electron chi connectivity index (χ3n) is 3.12. The summed E-state index contributed by atoms with van der Waals surface area (Å²) in [6.07, 6.45) is 5.43. The van der Waals surface area contributed by atoms with E-state index in [2.05, 4.69) is 20.2 Å². The number of rotatable bonds is 6. The van der Waals surface area contributed by atoms with E-state index in [9.17, 15) is 4.79 Å². The van der Waals surface area contributed by atoms with Gasteiger partial charge < -0.3 is 20.7 Å². The van der Waals surface area contributed by atoms with Crippen molar-refractivity contribution < 1.29 is 9.53 Å². The molecule has 1 aliphatic heterocycles. The van der Waals surface area contributed by atoms with Crippen LogP contribution >= 0.6 is 0 Å². The van der Waals surface area contributed by atoms with E-state index in [-0.39, 0.29) is 18.6 Å². The molecule has 1 fully saturated rings. The molecule has 7 nitrogen and oxygen atoms in total. The molecule has 1 atom stereocenters. The van der Waals surface area contributed by atoms with Crippen LogP contribution in [0, 0.1) is 0 Å². The van der Waals surface area contributed by atoms with E-state index in [1.165, 1.54) is 0 Å². The summed E-state index contributed by atoms with van der Waals surface area (Å²) in [4.78, 5) is 22.3. The second kappa shape index (κ2) is 7.76. The highest BCUT2D eigenvalue weighted by Crippen LogP contribution is 2.15. The number of nitrogens with one attached hydrogen (secondary N) is 1. The molecule has 1 unspecified atom stereocenters. The molecule has 3 N–H and O–H groups in total. The highest BCUT2D eigenvalue weighted by atomic mass is 16.5. The first kappa shape index (κ1) is 14.7. The zero-order chi connectivity index (χ0) is 14.2. The standard InChI is InChI=1S/C13H21N5O2/c14-4-8-20-10-12(19)17-11-3-1-7-18(9-11)13-15-5-2-6-16-13/h2,5-6,11H,1,3-4,7-10,14H2,(H,17,19). The second-order valence-corrected chi connectivity index (χ2v) is 4.74. The molecule has 2 rings (SSSR count). The lowest BCUT2D eigenvalue weighted by Crippen LogP contribution is -2.49. The molecule has 1 amide bonds. The van der Waals surface area contributed by atoms with Crippen LogP contribution in [-0.4, -0.2) is 54.8 Å². The van der Waals surface area contributed by atoms with Crippen LogP contribution in [0.4, 0.5) is 5.95 Å². The molecule has 1 aromatic heterocycles. The number of aromatic nitrogens is 2. The first-order valence-corrected chi connectivity index (χ1v) is 6.88. The van der Waals surface area contributed by atoms with Crippen molar-refractivity contribution in [2.24, 2.45) is 5.73 Å². The van der Waals surface area contributed by atoms with Gasteiger partial charge in [-0.1, -0.05) is 0 Å². The number of nitrogens with two attached hydrogens (primary N) is 1. The zero-order valence-electron chi connectivity index (χ0n) is 11.5. The molecular formula is C13H21N5O2. The van der Waals surface area contributed by atoms with Crippen molar-refractivity contribution in [3.63, 3.8) is 0 Å². The van der Waals surface area contributed by atoms with Gasteiger partial charge in [0.15, 0.2) is 0 Å². The van der Waals surface area contributed by atoms with Gasteiger partial charge in [-0.05, 0) is 18.9 Å². The minimum Gasteiger partial charge on any atom is -0.370 e. The van der Waals surface area contributed by atoms with Gasteiger partial charge in [0.1, 0.15) is 6.61 Å². The van der Waals surface area contributed by atoms with Crippen LogP contribution in [0.25, 0.3) is 0 Å². The maximum absolute atomic E-state index is 11.7. The lowest BCUT2D eigenvalue weighted by atomic mass is 10.1. The molecule has 0 aromatic carbocycles. The Morgan fingerprint density at radius 2 is 2.30 bits per heavy atom. The van der Waals surface area contributed by atoms with Crippen LogP contribution in [0.2, 0.25) is 0 Å². The molecule has 20 heavy (non-hydrogen) atoms. The molecule has 1 aromatic rings. The summed E-state index contributed by atoms with van der Waals surface area (Å²) in [5, 5.41) is 2.98. The quantitative estimate of drug-likeness (QED) is 0.684. The zero-order valence-corrected chi connectivity index (χ0v) is 11.5. The summed E-state index contributed by atoms with van der Waals surface area (Å²) in [5.41, 5.74) is 5.30. The molecule has 1 aliphatic rings. The largest absolute Gasteiger partial charge is 0.370 e. The number of carbonyl (C=O) groups excluding carboxylic acids is 1. The molecule has 0 spiro atoms. The van der Waals surface area contributed by atoms with Crippen molar-refractivity contribution in [3.05, 3.63) is 18.5 Å². The number of anilines is 1. The fourth-order valence-corrected chi connectivity index (χ4v) is 2.25. The minimum absolute atomic E-state index is 0.0650. The van der Waals surface area contributed by atoms with E-state index in [4.69, 9.17) is 10.5 Å². The van der Waals surface area contributed by atoms with E-state index in [1.54, 1.807) is 18.5 Å². The maximum atomic E-state index is 11.7. The average molecular weight is 279 g/mol. The van der Waals surface area contributed by atoms with Crippen LogP contribution in [0.3, 0.4) is 0 Å². The highest BCUT2D eigenvalue weighted by Gasteiger charge is 2.22. The Morgan fingerprint density at radius 3 is 3.05 bits per heavy atom. The summed E-state index contributed by atoms with van der Waals surface area (Å²) in [6, 6.07) is 1.91. The first-order chi connectivity index (χ1) is 9.79. The van der Waals surface area contributed by atoms with Crippen LogP contribution in [0.5, 0.6) is 0 Å². The van der Waals surface area contributed by atoms with Gasteiger partial charge in [0.05, 0.1) is 6.61 Å². The summed E-state index contributed by atoms with van der Waals surface area (Å²) >= 11 is 0. The molecule has 0 radical (unpaired) electrons. The molecule has 0 saturated carbocycles. The van der Waals surface area contributed by atoms with Crippen LogP contribution in [0.15, 0.2) is 18.5 Å². The Bertz CT molecular complexity index is 414.